The van der Waals surface area contributed by atoms with Gasteiger partial charge in [-0.25, -0.2) is 0 Å². The zero-order valence-electron chi connectivity index (χ0n) is 9.25. The van der Waals surface area contributed by atoms with Gasteiger partial charge in [-0.15, -0.1) is 23.1 Å². The Morgan fingerprint density at radius 2 is 2.29 bits per heavy atom. The Hall–Kier alpha value is -1.14. The number of hydrogen-bond donors (Lipinski definition) is 0. The van der Waals surface area contributed by atoms with E-state index in [4.69, 9.17) is 14.2 Å². The predicted octanol–water partition coefficient (Wildman–Crippen LogP) is 2.92. The summed E-state index contributed by atoms with van der Waals surface area (Å²) in [5, 5.41) is 1.95. The van der Waals surface area contributed by atoms with Crippen molar-refractivity contribution in [2.45, 2.75) is 17.4 Å². The third-order valence-electron chi connectivity index (χ3n) is 2.00. The molecule has 1 aromatic heterocycles. The fraction of sp³-hybridized carbons (Fsp3) is 0.364. The third kappa shape index (κ3) is 3.17. The summed E-state index contributed by atoms with van der Waals surface area (Å²) in [6.07, 6.45) is 2.65. The van der Waals surface area contributed by atoms with E-state index in [1.807, 2.05) is 11.4 Å². The Labute approximate surface area is 108 Å². The van der Waals surface area contributed by atoms with Crippen LogP contribution in [-0.2, 0) is 19.0 Å². The van der Waals surface area contributed by atoms with Crippen molar-refractivity contribution in [1.29, 1.82) is 0 Å². The molecule has 0 amide bonds. The molecule has 0 aromatic carbocycles. The number of thioether (sulfide) groups is 1. The highest BCUT2D eigenvalue weighted by Crippen LogP contribution is 2.36. The monoisotopic (exact) mass is 272 g/mol. The van der Waals surface area contributed by atoms with Crippen molar-refractivity contribution in [2.75, 3.05) is 12.4 Å². The molecular weight excluding hydrogens is 260 g/mol. The lowest BCUT2D eigenvalue weighted by Gasteiger charge is -2.10. The van der Waals surface area contributed by atoms with E-state index in [0.717, 1.165) is 9.77 Å². The normalized spacial score (nSPS) is 14.4. The maximum atomic E-state index is 11.3. The summed E-state index contributed by atoms with van der Waals surface area (Å²) in [7, 11) is 0. The minimum absolute atomic E-state index is 0.205. The average Bonchev–Trinajstić information content (AvgIpc) is 2.97. The molecule has 0 unspecified atom stereocenters. The Morgan fingerprint density at radius 3 is 3.00 bits per heavy atom. The van der Waals surface area contributed by atoms with Crippen LogP contribution in [0, 0.1) is 0 Å². The molecule has 1 aliphatic heterocycles. The maximum absolute atomic E-state index is 11.3. The van der Waals surface area contributed by atoms with Gasteiger partial charge in [-0.3, -0.25) is 4.79 Å². The maximum Gasteiger partial charge on any atom is 0.316 e. The van der Waals surface area contributed by atoms with Crippen LogP contribution in [-0.4, -0.2) is 18.3 Å². The second-order valence-corrected chi connectivity index (χ2v) is 5.29. The summed E-state index contributed by atoms with van der Waals surface area (Å²) in [5.74, 6) is 0.102. The SMILES string of the molecule is CCOC(=O)CSc1sccc1C1OC=CO1. The van der Waals surface area contributed by atoms with E-state index in [0.29, 0.717) is 12.4 Å². The van der Waals surface area contributed by atoms with Crippen molar-refractivity contribution in [3.05, 3.63) is 29.5 Å². The fourth-order valence-electron chi connectivity index (χ4n) is 1.31. The Morgan fingerprint density at radius 1 is 1.53 bits per heavy atom. The lowest BCUT2D eigenvalue weighted by Crippen LogP contribution is -2.06. The van der Waals surface area contributed by atoms with Crippen molar-refractivity contribution in [3.8, 4) is 0 Å². The van der Waals surface area contributed by atoms with Crippen LogP contribution in [0.5, 0.6) is 0 Å². The van der Waals surface area contributed by atoms with Crippen LogP contribution in [0.15, 0.2) is 28.2 Å². The molecule has 0 atom stereocenters. The van der Waals surface area contributed by atoms with Crippen molar-refractivity contribution < 1.29 is 19.0 Å². The summed E-state index contributed by atoms with van der Waals surface area (Å²) >= 11 is 3.01. The Bertz CT molecular complexity index is 405. The van der Waals surface area contributed by atoms with Gasteiger partial charge in [-0.2, -0.15) is 0 Å². The zero-order chi connectivity index (χ0) is 12.1. The van der Waals surface area contributed by atoms with Crippen LogP contribution in [0.1, 0.15) is 18.8 Å². The van der Waals surface area contributed by atoms with E-state index in [1.165, 1.54) is 24.3 Å². The van der Waals surface area contributed by atoms with Gasteiger partial charge in [0.25, 0.3) is 6.29 Å². The molecule has 2 heterocycles. The van der Waals surface area contributed by atoms with Gasteiger partial charge in [0.1, 0.15) is 12.5 Å². The molecule has 2 rings (SSSR count). The zero-order valence-corrected chi connectivity index (χ0v) is 10.9. The van der Waals surface area contributed by atoms with Crippen molar-refractivity contribution in [1.82, 2.24) is 0 Å². The number of esters is 1. The molecular formula is C11H12O4S2. The molecule has 1 aromatic rings. The molecule has 6 heteroatoms. The highest BCUT2D eigenvalue weighted by Gasteiger charge is 2.21. The van der Waals surface area contributed by atoms with Crippen LogP contribution in [0.25, 0.3) is 0 Å². The summed E-state index contributed by atoms with van der Waals surface area (Å²) in [5.41, 5.74) is 0.953. The van der Waals surface area contributed by atoms with Crippen LogP contribution >= 0.6 is 23.1 Å². The molecule has 92 valence electrons. The summed E-state index contributed by atoms with van der Waals surface area (Å²) in [4.78, 5) is 11.3. The van der Waals surface area contributed by atoms with E-state index >= 15 is 0 Å². The van der Waals surface area contributed by atoms with Crippen LogP contribution in [0.2, 0.25) is 0 Å². The summed E-state index contributed by atoms with van der Waals surface area (Å²) in [6, 6.07) is 1.94. The number of carbonyl (C=O) groups is 1. The molecule has 0 fully saturated rings. The standard InChI is InChI=1S/C11H12O4S2/c1-2-13-9(12)7-17-11-8(3-6-16-11)10-14-4-5-15-10/h3-6,10H,2,7H2,1H3. The van der Waals surface area contributed by atoms with Crippen LogP contribution in [0.4, 0.5) is 0 Å². The number of rotatable bonds is 5. The molecule has 0 saturated carbocycles. The molecule has 0 saturated heterocycles. The predicted molar refractivity (Wildman–Crippen MR) is 65.7 cm³/mol. The number of ether oxygens (including phenoxy) is 3. The third-order valence-corrected chi connectivity index (χ3v) is 4.24. The Kier molecular flexibility index (Phi) is 4.33. The van der Waals surface area contributed by atoms with Crippen molar-refractivity contribution in [3.63, 3.8) is 0 Å². The van der Waals surface area contributed by atoms with Gasteiger partial charge < -0.3 is 14.2 Å². The fourth-order valence-corrected chi connectivity index (χ4v) is 3.23. The molecule has 0 N–H and O–H groups in total. The largest absolute Gasteiger partial charge is 0.465 e. The molecule has 0 radical (unpaired) electrons. The molecule has 0 spiro atoms. The van der Waals surface area contributed by atoms with Gasteiger partial charge in [0.15, 0.2) is 0 Å². The molecule has 0 aliphatic carbocycles. The van der Waals surface area contributed by atoms with Crippen molar-refractivity contribution in [2.24, 2.45) is 0 Å². The van der Waals surface area contributed by atoms with E-state index < -0.39 is 0 Å². The first-order valence-corrected chi connectivity index (χ1v) is 6.99. The van der Waals surface area contributed by atoms with E-state index in [1.54, 1.807) is 18.3 Å². The van der Waals surface area contributed by atoms with Gasteiger partial charge in [-0.1, -0.05) is 0 Å². The number of thiophene rings is 1. The minimum atomic E-state index is -0.383. The van der Waals surface area contributed by atoms with E-state index in [2.05, 4.69) is 0 Å². The quantitative estimate of drug-likeness (QED) is 0.609. The first kappa shape index (κ1) is 12.3. The van der Waals surface area contributed by atoms with Gasteiger partial charge in [0, 0.05) is 0 Å². The van der Waals surface area contributed by atoms with Crippen LogP contribution < -0.4 is 0 Å². The van der Waals surface area contributed by atoms with Gasteiger partial charge in [-0.05, 0) is 18.4 Å². The summed E-state index contributed by atoms with van der Waals surface area (Å²) < 4.78 is 16.4. The second-order valence-electron chi connectivity index (χ2n) is 3.13. The van der Waals surface area contributed by atoms with Crippen molar-refractivity contribution >= 4 is 29.1 Å². The first-order valence-electron chi connectivity index (χ1n) is 5.13. The molecule has 1 aliphatic rings. The first-order chi connectivity index (χ1) is 8.31. The molecule has 4 nitrogen and oxygen atoms in total. The second kappa shape index (κ2) is 5.97. The molecule has 0 bridgehead atoms. The Balaban J connectivity index is 1.92. The lowest BCUT2D eigenvalue weighted by molar-refractivity contribution is -0.139. The van der Waals surface area contributed by atoms with E-state index in [9.17, 15) is 4.79 Å². The summed E-state index contributed by atoms with van der Waals surface area (Å²) in [6.45, 7) is 2.21. The van der Waals surface area contributed by atoms with Crippen LogP contribution in [0.3, 0.4) is 0 Å². The number of carbonyl (C=O) groups excluding carboxylic acids is 1. The average molecular weight is 272 g/mol. The smallest absolute Gasteiger partial charge is 0.316 e. The highest BCUT2D eigenvalue weighted by molar-refractivity contribution is 8.01. The minimum Gasteiger partial charge on any atom is -0.465 e. The van der Waals surface area contributed by atoms with Gasteiger partial charge in [0.2, 0.25) is 0 Å². The lowest BCUT2D eigenvalue weighted by atomic mass is 10.3. The van der Waals surface area contributed by atoms with Gasteiger partial charge >= 0.3 is 5.97 Å². The number of hydrogen-bond acceptors (Lipinski definition) is 6. The molecule has 17 heavy (non-hydrogen) atoms. The highest BCUT2D eigenvalue weighted by atomic mass is 32.2. The van der Waals surface area contributed by atoms with Gasteiger partial charge in [0.05, 0.1) is 22.1 Å². The topological polar surface area (TPSA) is 44.8 Å². The van der Waals surface area contributed by atoms with E-state index in [-0.39, 0.29) is 12.3 Å².